The lowest BCUT2D eigenvalue weighted by Gasteiger charge is -2.10. The van der Waals surface area contributed by atoms with Crippen LogP contribution >= 0.6 is 0 Å². The maximum absolute atomic E-state index is 12.0. The summed E-state index contributed by atoms with van der Waals surface area (Å²) in [6.07, 6.45) is 0. The van der Waals surface area contributed by atoms with E-state index >= 15 is 0 Å². The molecule has 0 aliphatic heterocycles. The first kappa shape index (κ1) is 14.9. The van der Waals surface area contributed by atoms with Crippen molar-refractivity contribution in [1.82, 2.24) is 15.0 Å². The van der Waals surface area contributed by atoms with Gasteiger partial charge in [-0.1, -0.05) is 18.2 Å². The van der Waals surface area contributed by atoms with E-state index in [-0.39, 0.29) is 12.4 Å². The molecule has 3 rings (SSSR count). The van der Waals surface area contributed by atoms with Gasteiger partial charge in [-0.3, -0.25) is 0 Å². The SMILES string of the molecule is CCOC(=O)c1nc(Nc2cccc(C)n2)c2ccccc2n1. The van der Waals surface area contributed by atoms with E-state index in [0.717, 1.165) is 11.1 Å². The Morgan fingerprint density at radius 3 is 2.70 bits per heavy atom. The van der Waals surface area contributed by atoms with Gasteiger partial charge in [-0.25, -0.2) is 19.7 Å². The Hall–Kier alpha value is -3.02. The van der Waals surface area contributed by atoms with Gasteiger partial charge in [0, 0.05) is 11.1 Å². The molecule has 1 N–H and O–H groups in total. The fourth-order valence-electron chi connectivity index (χ4n) is 2.19. The van der Waals surface area contributed by atoms with E-state index in [1.54, 1.807) is 6.92 Å². The average molecular weight is 308 g/mol. The molecule has 0 aliphatic carbocycles. The Morgan fingerprint density at radius 1 is 1.09 bits per heavy atom. The van der Waals surface area contributed by atoms with Gasteiger partial charge in [0.1, 0.15) is 11.6 Å². The number of pyridine rings is 1. The van der Waals surface area contributed by atoms with Crippen LogP contribution in [-0.4, -0.2) is 27.5 Å². The van der Waals surface area contributed by atoms with Crippen LogP contribution < -0.4 is 5.32 Å². The third-order valence-corrected chi connectivity index (χ3v) is 3.20. The maximum Gasteiger partial charge on any atom is 0.376 e. The molecule has 0 saturated carbocycles. The Balaban J connectivity index is 2.08. The molecular weight excluding hydrogens is 292 g/mol. The summed E-state index contributed by atoms with van der Waals surface area (Å²) in [7, 11) is 0. The maximum atomic E-state index is 12.0. The van der Waals surface area contributed by atoms with Crippen LogP contribution in [0.2, 0.25) is 0 Å². The monoisotopic (exact) mass is 308 g/mol. The van der Waals surface area contributed by atoms with Crippen LogP contribution in [0.5, 0.6) is 0 Å². The number of benzene rings is 1. The summed E-state index contributed by atoms with van der Waals surface area (Å²) < 4.78 is 4.99. The van der Waals surface area contributed by atoms with E-state index in [1.165, 1.54) is 0 Å². The molecule has 3 aromatic rings. The highest BCUT2D eigenvalue weighted by Crippen LogP contribution is 2.23. The second-order valence-corrected chi connectivity index (χ2v) is 4.92. The summed E-state index contributed by atoms with van der Waals surface area (Å²) in [5.41, 5.74) is 1.56. The van der Waals surface area contributed by atoms with Gasteiger partial charge in [0.25, 0.3) is 0 Å². The van der Waals surface area contributed by atoms with Crippen molar-refractivity contribution >= 4 is 28.5 Å². The molecule has 6 heteroatoms. The van der Waals surface area contributed by atoms with Crippen molar-refractivity contribution in [3.05, 3.63) is 54.0 Å². The van der Waals surface area contributed by atoms with Crippen molar-refractivity contribution in [1.29, 1.82) is 0 Å². The molecule has 0 amide bonds. The van der Waals surface area contributed by atoms with E-state index in [1.807, 2.05) is 49.4 Å². The van der Waals surface area contributed by atoms with Gasteiger partial charge in [0.2, 0.25) is 5.82 Å². The number of anilines is 2. The molecule has 2 heterocycles. The second kappa shape index (κ2) is 6.39. The highest BCUT2D eigenvalue weighted by Gasteiger charge is 2.15. The number of fused-ring (bicyclic) bond motifs is 1. The Morgan fingerprint density at radius 2 is 1.91 bits per heavy atom. The number of esters is 1. The van der Waals surface area contributed by atoms with Crippen molar-refractivity contribution in [3.8, 4) is 0 Å². The number of para-hydroxylation sites is 1. The number of ether oxygens (including phenoxy) is 1. The lowest BCUT2D eigenvalue weighted by atomic mass is 10.2. The first-order valence-electron chi connectivity index (χ1n) is 7.32. The molecule has 0 spiro atoms. The van der Waals surface area contributed by atoms with Gasteiger partial charge in [-0.15, -0.1) is 0 Å². The Bertz CT molecular complexity index is 864. The molecule has 1 aromatic carbocycles. The van der Waals surface area contributed by atoms with Crippen molar-refractivity contribution in [2.75, 3.05) is 11.9 Å². The third kappa shape index (κ3) is 3.26. The summed E-state index contributed by atoms with van der Waals surface area (Å²) >= 11 is 0. The lowest BCUT2D eigenvalue weighted by molar-refractivity contribution is 0.0512. The van der Waals surface area contributed by atoms with Gasteiger partial charge < -0.3 is 10.1 Å². The fraction of sp³-hybridized carbons (Fsp3) is 0.176. The summed E-state index contributed by atoms with van der Waals surface area (Å²) in [5.74, 6) is 0.666. The minimum atomic E-state index is -0.543. The number of hydrogen-bond acceptors (Lipinski definition) is 6. The van der Waals surface area contributed by atoms with Crippen LogP contribution in [0.1, 0.15) is 23.2 Å². The standard InChI is InChI=1S/C17H16N4O2/c1-3-23-17(22)16-19-13-9-5-4-8-12(13)15(21-16)20-14-10-6-7-11(2)18-14/h4-10H,3H2,1-2H3,(H,18,19,20,21). The molecular formula is C17H16N4O2. The van der Waals surface area contributed by atoms with Gasteiger partial charge in [0.15, 0.2) is 0 Å². The molecule has 0 unspecified atom stereocenters. The zero-order chi connectivity index (χ0) is 16.2. The minimum Gasteiger partial charge on any atom is -0.460 e. The molecule has 0 aliphatic rings. The van der Waals surface area contributed by atoms with Crippen LogP contribution in [-0.2, 0) is 4.74 Å². The summed E-state index contributed by atoms with van der Waals surface area (Å²) in [6.45, 7) is 3.93. The summed E-state index contributed by atoms with van der Waals surface area (Å²) in [4.78, 5) is 24.9. The van der Waals surface area contributed by atoms with Gasteiger partial charge in [-0.2, -0.15) is 0 Å². The van der Waals surface area contributed by atoms with E-state index in [9.17, 15) is 4.79 Å². The molecule has 6 nitrogen and oxygen atoms in total. The Kier molecular flexibility index (Phi) is 4.14. The normalized spacial score (nSPS) is 10.5. The summed E-state index contributed by atoms with van der Waals surface area (Å²) in [5, 5.41) is 3.96. The average Bonchev–Trinajstić information content (AvgIpc) is 2.55. The van der Waals surface area contributed by atoms with Crippen molar-refractivity contribution in [3.63, 3.8) is 0 Å². The van der Waals surface area contributed by atoms with E-state index in [0.29, 0.717) is 17.2 Å². The number of carbonyl (C=O) groups excluding carboxylic acids is 1. The van der Waals surface area contributed by atoms with Crippen LogP contribution in [0.25, 0.3) is 10.9 Å². The van der Waals surface area contributed by atoms with Crippen molar-refractivity contribution in [2.45, 2.75) is 13.8 Å². The molecule has 23 heavy (non-hydrogen) atoms. The lowest BCUT2D eigenvalue weighted by Crippen LogP contribution is -2.11. The largest absolute Gasteiger partial charge is 0.460 e. The molecule has 0 saturated heterocycles. The number of nitrogens with zero attached hydrogens (tertiary/aromatic N) is 3. The fourth-order valence-corrected chi connectivity index (χ4v) is 2.19. The number of rotatable bonds is 4. The smallest absolute Gasteiger partial charge is 0.376 e. The van der Waals surface area contributed by atoms with E-state index in [2.05, 4.69) is 20.3 Å². The van der Waals surface area contributed by atoms with Gasteiger partial charge in [0.05, 0.1) is 12.1 Å². The number of hydrogen-bond donors (Lipinski definition) is 1. The quantitative estimate of drug-likeness (QED) is 0.745. The van der Waals surface area contributed by atoms with E-state index in [4.69, 9.17) is 4.74 Å². The molecule has 116 valence electrons. The molecule has 0 atom stereocenters. The number of aromatic nitrogens is 3. The zero-order valence-electron chi connectivity index (χ0n) is 12.9. The van der Waals surface area contributed by atoms with Crippen molar-refractivity contribution < 1.29 is 9.53 Å². The predicted molar refractivity (Wildman–Crippen MR) is 87.8 cm³/mol. The minimum absolute atomic E-state index is 0.0284. The summed E-state index contributed by atoms with van der Waals surface area (Å²) in [6, 6.07) is 13.1. The van der Waals surface area contributed by atoms with Crippen LogP contribution in [0.3, 0.4) is 0 Å². The third-order valence-electron chi connectivity index (χ3n) is 3.20. The molecule has 0 fully saturated rings. The van der Waals surface area contributed by atoms with Gasteiger partial charge >= 0.3 is 5.97 Å². The highest BCUT2D eigenvalue weighted by atomic mass is 16.5. The predicted octanol–water partition coefficient (Wildman–Crippen LogP) is 3.25. The van der Waals surface area contributed by atoms with E-state index < -0.39 is 5.97 Å². The topological polar surface area (TPSA) is 77.0 Å². The molecule has 0 bridgehead atoms. The number of carbonyl (C=O) groups is 1. The van der Waals surface area contributed by atoms with Crippen LogP contribution in [0.15, 0.2) is 42.5 Å². The number of nitrogens with one attached hydrogen (secondary N) is 1. The first-order valence-corrected chi connectivity index (χ1v) is 7.32. The first-order chi connectivity index (χ1) is 11.2. The second-order valence-electron chi connectivity index (χ2n) is 4.92. The van der Waals surface area contributed by atoms with Crippen LogP contribution in [0, 0.1) is 6.92 Å². The highest BCUT2D eigenvalue weighted by molar-refractivity contribution is 5.95. The van der Waals surface area contributed by atoms with Crippen LogP contribution in [0.4, 0.5) is 11.6 Å². The molecule has 2 aromatic heterocycles. The zero-order valence-corrected chi connectivity index (χ0v) is 12.9. The number of aryl methyl sites for hydroxylation is 1. The van der Waals surface area contributed by atoms with Gasteiger partial charge in [-0.05, 0) is 38.1 Å². The van der Waals surface area contributed by atoms with Crippen molar-refractivity contribution in [2.24, 2.45) is 0 Å². The Labute approximate surface area is 133 Å². The molecule has 0 radical (unpaired) electrons.